The van der Waals surface area contributed by atoms with Crippen LogP contribution in [0.2, 0.25) is 0 Å². The van der Waals surface area contributed by atoms with Gasteiger partial charge in [0.05, 0.1) is 4.92 Å². The third-order valence-electron chi connectivity index (χ3n) is 4.38. The van der Waals surface area contributed by atoms with Crippen molar-refractivity contribution in [3.63, 3.8) is 0 Å². The average Bonchev–Trinajstić information content (AvgIpc) is 2.61. The fraction of sp³-hybridized carbons (Fsp3) is 0.412. The molecule has 1 unspecified atom stereocenters. The lowest BCUT2D eigenvalue weighted by atomic mass is 10.0. The molecule has 1 aliphatic rings. The molecule has 2 heterocycles. The Bertz CT molecular complexity index is 722. The summed E-state index contributed by atoms with van der Waals surface area (Å²) in [6.07, 6.45) is 3.58. The zero-order valence-electron chi connectivity index (χ0n) is 13.9. The van der Waals surface area contributed by atoms with Crippen molar-refractivity contribution >= 4 is 23.0 Å². The number of aromatic nitrogens is 2. The third kappa shape index (κ3) is 3.15. The Morgan fingerprint density at radius 3 is 2.71 bits per heavy atom. The van der Waals surface area contributed by atoms with E-state index in [-0.39, 0.29) is 10.6 Å². The van der Waals surface area contributed by atoms with E-state index in [9.17, 15) is 10.1 Å². The Hall–Kier alpha value is -2.70. The molecule has 0 saturated carbocycles. The van der Waals surface area contributed by atoms with Gasteiger partial charge in [-0.15, -0.1) is 0 Å². The van der Waals surface area contributed by atoms with Gasteiger partial charge in [-0.2, -0.15) is 0 Å². The van der Waals surface area contributed by atoms with Gasteiger partial charge in [0.15, 0.2) is 0 Å². The molecule has 0 aliphatic carbocycles. The number of benzene rings is 1. The second-order valence-corrected chi connectivity index (χ2v) is 6.21. The lowest BCUT2D eigenvalue weighted by Gasteiger charge is -2.31. The van der Waals surface area contributed by atoms with Crippen LogP contribution >= 0.6 is 0 Å². The van der Waals surface area contributed by atoms with Gasteiger partial charge in [-0.3, -0.25) is 10.1 Å². The second kappa shape index (κ2) is 6.82. The van der Waals surface area contributed by atoms with Crippen LogP contribution < -0.4 is 9.80 Å². The van der Waals surface area contributed by atoms with Crippen molar-refractivity contribution < 1.29 is 4.92 Å². The number of rotatable bonds is 4. The summed E-state index contributed by atoms with van der Waals surface area (Å²) >= 11 is 0. The molecule has 3 rings (SSSR count). The number of nitro groups is 1. The molecule has 0 N–H and O–H groups in total. The van der Waals surface area contributed by atoms with Gasteiger partial charge in [0.25, 0.3) is 0 Å². The van der Waals surface area contributed by atoms with Crippen molar-refractivity contribution in [2.45, 2.75) is 19.8 Å². The molecule has 1 aliphatic heterocycles. The minimum atomic E-state index is -0.372. The number of anilines is 3. The predicted molar refractivity (Wildman–Crippen MR) is 93.8 cm³/mol. The van der Waals surface area contributed by atoms with E-state index in [4.69, 9.17) is 0 Å². The third-order valence-corrected chi connectivity index (χ3v) is 4.38. The summed E-state index contributed by atoms with van der Waals surface area (Å²) in [6, 6.07) is 9.49. The number of piperidine rings is 1. The summed E-state index contributed by atoms with van der Waals surface area (Å²) < 4.78 is 0. The van der Waals surface area contributed by atoms with E-state index in [1.165, 1.54) is 6.33 Å². The van der Waals surface area contributed by atoms with Crippen LogP contribution in [-0.4, -0.2) is 35.0 Å². The van der Waals surface area contributed by atoms with Gasteiger partial charge in [-0.1, -0.05) is 25.1 Å². The van der Waals surface area contributed by atoms with E-state index in [1.54, 1.807) is 11.9 Å². The minimum Gasteiger partial charge on any atom is -0.350 e. The lowest BCUT2D eigenvalue weighted by molar-refractivity contribution is -0.383. The first-order chi connectivity index (χ1) is 11.6. The van der Waals surface area contributed by atoms with Crippen LogP contribution in [0.4, 0.5) is 23.0 Å². The molecule has 0 spiro atoms. The monoisotopic (exact) mass is 327 g/mol. The van der Waals surface area contributed by atoms with Crippen LogP contribution in [0.5, 0.6) is 0 Å². The first-order valence-corrected chi connectivity index (χ1v) is 8.11. The first-order valence-electron chi connectivity index (χ1n) is 8.11. The zero-order valence-corrected chi connectivity index (χ0v) is 13.9. The van der Waals surface area contributed by atoms with E-state index in [1.807, 2.05) is 35.2 Å². The molecule has 1 fully saturated rings. The molecular formula is C17H21N5O2. The lowest BCUT2D eigenvalue weighted by Crippen LogP contribution is -2.35. The average molecular weight is 327 g/mol. The Labute approximate surface area is 141 Å². The van der Waals surface area contributed by atoms with E-state index in [0.29, 0.717) is 17.6 Å². The summed E-state index contributed by atoms with van der Waals surface area (Å²) in [6.45, 7) is 3.74. The van der Waals surface area contributed by atoms with Crippen molar-refractivity contribution in [3.05, 3.63) is 46.8 Å². The van der Waals surface area contributed by atoms with Crippen LogP contribution in [0.15, 0.2) is 36.7 Å². The predicted octanol–water partition coefficient (Wildman–Crippen LogP) is 3.39. The topological polar surface area (TPSA) is 75.4 Å². The summed E-state index contributed by atoms with van der Waals surface area (Å²) in [7, 11) is 1.78. The molecule has 0 amide bonds. The smallest absolute Gasteiger partial charge is 0.350 e. The molecule has 1 saturated heterocycles. The highest BCUT2D eigenvalue weighted by molar-refractivity contribution is 5.75. The molecule has 0 radical (unpaired) electrons. The van der Waals surface area contributed by atoms with Gasteiger partial charge < -0.3 is 9.80 Å². The Morgan fingerprint density at radius 1 is 1.29 bits per heavy atom. The number of nitrogens with zero attached hydrogens (tertiary/aromatic N) is 5. The molecule has 7 heteroatoms. The normalized spacial score (nSPS) is 17.6. The maximum atomic E-state index is 11.8. The molecule has 2 aromatic rings. The molecule has 126 valence electrons. The number of hydrogen-bond acceptors (Lipinski definition) is 6. The van der Waals surface area contributed by atoms with Crippen LogP contribution in [-0.2, 0) is 0 Å². The fourth-order valence-corrected chi connectivity index (χ4v) is 3.16. The van der Waals surface area contributed by atoms with Crippen molar-refractivity contribution in [1.82, 2.24) is 9.97 Å². The first kappa shape index (κ1) is 16.2. The molecule has 24 heavy (non-hydrogen) atoms. The van der Waals surface area contributed by atoms with Crippen LogP contribution in [0.1, 0.15) is 19.8 Å². The van der Waals surface area contributed by atoms with E-state index < -0.39 is 0 Å². The highest BCUT2D eigenvalue weighted by Gasteiger charge is 2.31. The van der Waals surface area contributed by atoms with Gasteiger partial charge >= 0.3 is 5.69 Å². The van der Waals surface area contributed by atoms with E-state index in [2.05, 4.69) is 16.9 Å². The molecule has 0 bridgehead atoms. The zero-order chi connectivity index (χ0) is 17.1. The van der Waals surface area contributed by atoms with Crippen molar-refractivity contribution in [1.29, 1.82) is 0 Å². The van der Waals surface area contributed by atoms with Crippen LogP contribution in [0.3, 0.4) is 0 Å². The van der Waals surface area contributed by atoms with E-state index in [0.717, 1.165) is 31.6 Å². The molecule has 1 aromatic heterocycles. The van der Waals surface area contributed by atoms with Gasteiger partial charge in [0.1, 0.15) is 6.33 Å². The summed E-state index contributed by atoms with van der Waals surface area (Å²) in [5.41, 5.74) is 0.815. The number of hydrogen-bond donors (Lipinski definition) is 0. The maximum Gasteiger partial charge on any atom is 0.353 e. The van der Waals surface area contributed by atoms with Crippen LogP contribution in [0, 0.1) is 16.0 Å². The Morgan fingerprint density at radius 2 is 2.04 bits per heavy atom. The molecule has 7 nitrogen and oxygen atoms in total. The highest BCUT2D eigenvalue weighted by atomic mass is 16.6. The summed E-state index contributed by atoms with van der Waals surface area (Å²) in [4.78, 5) is 23.6. The van der Waals surface area contributed by atoms with Crippen molar-refractivity contribution in [2.24, 2.45) is 5.92 Å². The van der Waals surface area contributed by atoms with Crippen molar-refractivity contribution in [3.8, 4) is 0 Å². The molecule has 1 aromatic carbocycles. The van der Waals surface area contributed by atoms with Crippen LogP contribution in [0.25, 0.3) is 0 Å². The summed E-state index contributed by atoms with van der Waals surface area (Å²) in [5.74, 6) is 1.23. The molecular weight excluding hydrogens is 306 g/mol. The maximum absolute atomic E-state index is 11.8. The number of para-hydroxylation sites is 1. The Kier molecular flexibility index (Phi) is 4.59. The molecule has 1 atom stereocenters. The minimum absolute atomic E-state index is 0.0297. The largest absolute Gasteiger partial charge is 0.353 e. The van der Waals surface area contributed by atoms with Gasteiger partial charge in [0, 0.05) is 25.8 Å². The second-order valence-electron chi connectivity index (χ2n) is 6.21. The van der Waals surface area contributed by atoms with Gasteiger partial charge in [-0.25, -0.2) is 9.97 Å². The fourth-order valence-electron chi connectivity index (χ4n) is 3.16. The van der Waals surface area contributed by atoms with Crippen molar-refractivity contribution in [2.75, 3.05) is 29.9 Å². The highest BCUT2D eigenvalue weighted by Crippen LogP contribution is 2.37. The van der Waals surface area contributed by atoms with Gasteiger partial charge in [0.2, 0.25) is 11.6 Å². The summed E-state index contributed by atoms with van der Waals surface area (Å²) in [5, 5.41) is 11.8. The Balaban J connectivity index is 2.04. The van der Waals surface area contributed by atoms with Gasteiger partial charge in [-0.05, 0) is 30.9 Å². The quantitative estimate of drug-likeness (QED) is 0.633. The standard InChI is InChI=1S/C17H21N5O2/c1-13-7-6-10-21(11-13)17-15(22(23)24)16(18-12-19-17)20(2)14-8-4-3-5-9-14/h3-5,8-9,12-13H,6-7,10-11H2,1-2H3. The van der Waals surface area contributed by atoms with E-state index >= 15 is 0 Å². The SMILES string of the molecule is CC1CCCN(c2ncnc(N(C)c3ccccc3)c2[N+](=O)[O-])C1.